The fraction of sp³-hybridized carbons (Fsp3) is 0.579. The van der Waals surface area contributed by atoms with Gasteiger partial charge in [-0.25, -0.2) is 9.59 Å². The number of alkyl carbamates (subject to hydrolysis) is 1. The number of benzene rings is 1. The Hall–Kier alpha value is -1.86. The monoisotopic (exact) mass is 381 g/mol. The number of hydrogen-bond donors (Lipinski definition) is 1. The van der Waals surface area contributed by atoms with E-state index in [2.05, 4.69) is 26.1 Å². The summed E-state index contributed by atoms with van der Waals surface area (Å²) in [7, 11) is -0.915. The van der Waals surface area contributed by atoms with E-state index in [-0.39, 0.29) is 11.6 Å². The highest BCUT2D eigenvalue weighted by Gasteiger charge is 2.43. The van der Waals surface area contributed by atoms with E-state index < -0.39 is 32.5 Å². The predicted molar refractivity (Wildman–Crippen MR) is 103 cm³/mol. The van der Waals surface area contributed by atoms with Crippen LogP contribution in [0, 0.1) is 0 Å². The van der Waals surface area contributed by atoms with E-state index in [4.69, 9.17) is 13.9 Å². The summed E-state index contributed by atoms with van der Waals surface area (Å²) in [4.78, 5) is 24.3. The first-order chi connectivity index (χ1) is 12.0. The zero-order chi connectivity index (χ0) is 20.0. The zero-order valence-corrected chi connectivity index (χ0v) is 17.8. The third kappa shape index (κ3) is 6.46. The maximum Gasteiger partial charge on any atom is 0.407 e. The van der Waals surface area contributed by atoms with Crippen LogP contribution in [0.2, 0.25) is 18.1 Å². The molecule has 0 aliphatic carbocycles. The summed E-state index contributed by atoms with van der Waals surface area (Å²) in [6, 6.07) is 8.80. The lowest BCUT2D eigenvalue weighted by Crippen LogP contribution is -2.54. The molecule has 1 amide bonds. The van der Waals surface area contributed by atoms with Crippen molar-refractivity contribution in [3.05, 3.63) is 35.9 Å². The molecule has 1 N–H and O–H groups in total. The van der Waals surface area contributed by atoms with Crippen LogP contribution in [0.15, 0.2) is 30.3 Å². The van der Waals surface area contributed by atoms with Gasteiger partial charge in [0.25, 0.3) is 0 Å². The molecule has 0 bridgehead atoms. The SMILES string of the molecule is COC(=O)C(O[Si](C)(C)C(C)(C)C)[C@H](C)NC(=O)OCc1ccccc1. The first-order valence-electron chi connectivity index (χ1n) is 8.71. The van der Waals surface area contributed by atoms with Crippen LogP contribution in [0.1, 0.15) is 33.3 Å². The molecule has 0 fully saturated rings. The molecule has 1 aromatic carbocycles. The Bertz CT molecular complexity index is 598. The summed E-state index contributed by atoms with van der Waals surface area (Å²) in [6.07, 6.45) is -1.49. The summed E-state index contributed by atoms with van der Waals surface area (Å²) in [5.74, 6) is -0.509. The molecule has 1 aromatic rings. The van der Waals surface area contributed by atoms with Gasteiger partial charge in [-0.1, -0.05) is 51.1 Å². The molecule has 1 unspecified atom stereocenters. The number of hydrogen-bond acceptors (Lipinski definition) is 5. The van der Waals surface area contributed by atoms with Crippen molar-refractivity contribution >= 4 is 20.4 Å². The second-order valence-corrected chi connectivity index (χ2v) is 12.6. The van der Waals surface area contributed by atoms with Gasteiger partial charge in [-0.2, -0.15) is 0 Å². The second-order valence-electron chi connectivity index (χ2n) is 7.82. The average molecular weight is 382 g/mol. The number of ether oxygens (including phenoxy) is 2. The highest BCUT2D eigenvalue weighted by Crippen LogP contribution is 2.37. The average Bonchev–Trinajstić information content (AvgIpc) is 2.57. The Morgan fingerprint density at radius 2 is 1.73 bits per heavy atom. The molecule has 0 spiro atoms. The van der Waals surface area contributed by atoms with Crippen molar-refractivity contribution in [1.82, 2.24) is 5.32 Å². The number of nitrogens with one attached hydrogen (secondary N) is 1. The van der Waals surface area contributed by atoms with Gasteiger partial charge in [-0.05, 0) is 30.6 Å². The molecule has 26 heavy (non-hydrogen) atoms. The smallest absolute Gasteiger partial charge is 0.407 e. The Morgan fingerprint density at radius 1 is 1.15 bits per heavy atom. The Balaban J connectivity index is 2.72. The fourth-order valence-electron chi connectivity index (χ4n) is 1.99. The zero-order valence-electron chi connectivity index (χ0n) is 16.8. The van der Waals surface area contributed by atoms with Gasteiger partial charge in [0.1, 0.15) is 6.61 Å². The molecule has 1 rings (SSSR count). The first-order valence-corrected chi connectivity index (χ1v) is 11.6. The molecule has 0 saturated heterocycles. The third-order valence-corrected chi connectivity index (χ3v) is 9.13. The third-order valence-electron chi connectivity index (χ3n) is 4.67. The predicted octanol–water partition coefficient (Wildman–Crippen LogP) is 3.86. The molecule has 7 heteroatoms. The largest absolute Gasteiger partial charge is 0.467 e. The number of carbonyl (C=O) groups is 2. The quantitative estimate of drug-likeness (QED) is 0.573. The Kier molecular flexibility index (Phi) is 7.83. The van der Waals surface area contributed by atoms with Gasteiger partial charge in [0.05, 0.1) is 13.2 Å². The summed E-state index contributed by atoms with van der Waals surface area (Å²) in [5.41, 5.74) is 0.886. The van der Waals surface area contributed by atoms with Crippen LogP contribution in [0.25, 0.3) is 0 Å². The second kappa shape index (κ2) is 9.18. The van der Waals surface area contributed by atoms with E-state index in [1.807, 2.05) is 43.4 Å². The number of esters is 1. The van der Waals surface area contributed by atoms with Crippen molar-refractivity contribution < 1.29 is 23.5 Å². The van der Waals surface area contributed by atoms with Crippen molar-refractivity contribution in [1.29, 1.82) is 0 Å². The molecule has 0 aliphatic rings. The van der Waals surface area contributed by atoms with Gasteiger partial charge in [0.2, 0.25) is 0 Å². The fourth-order valence-corrected chi connectivity index (χ4v) is 3.28. The van der Waals surface area contributed by atoms with E-state index in [1.54, 1.807) is 6.92 Å². The molecular weight excluding hydrogens is 350 g/mol. The minimum atomic E-state index is -2.22. The highest BCUT2D eigenvalue weighted by molar-refractivity contribution is 6.74. The minimum Gasteiger partial charge on any atom is -0.467 e. The van der Waals surface area contributed by atoms with Crippen LogP contribution in [0.3, 0.4) is 0 Å². The van der Waals surface area contributed by atoms with Crippen LogP contribution in [0.4, 0.5) is 4.79 Å². The normalized spacial score (nSPS) is 14.3. The summed E-state index contributed by atoms with van der Waals surface area (Å²) >= 11 is 0. The molecular formula is C19H31NO5Si. The topological polar surface area (TPSA) is 73.9 Å². The van der Waals surface area contributed by atoms with Crippen molar-refractivity contribution in [3.8, 4) is 0 Å². The van der Waals surface area contributed by atoms with Crippen LogP contribution in [0.5, 0.6) is 0 Å². The lowest BCUT2D eigenvalue weighted by atomic mass is 10.2. The maximum absolute atomic E-state index is 12.2. The van der Waals surface area contributed by atoms with E-state index >= 15 is 0 Å². The molecule has 2 atom stereocenters. The van der Waals surface area contributed by atoms with Gasteiger partial charge >= 0.3 is 12.1 Å². The Labute approximate surface area is 157 Å². The molecule has 0 aromatic heterocycles. The maximum atomic E-state index is 12.2. The molecule has 146 valence electrons. The molecule has 0 aliphatic heterocycles. The molecule has 6 nitrogen and oxygen atoms in total. The van der Waals surface area contributed by atoms with E-state index in [0.29, 0.717) is 0 Å². The van der Waals surface area contributed by atoms with E-state index in [9.17, 15) is 9.59 Å². The van der Waals surface area contributed by atoms with Crippen LogP contribution in [-0.4, -0.2) is 39.6 Å². The number of amides is 1. The van der Waals surface area contributed by atoms with Crippen molar-refractivity contribution in [2.75, 3.05) is 7.11 Å². The minimum absolute atomic E-state index is 0.0766. The van der Waals surface area contributed by atoms with Gasteiger partial charge < -0.3 is 19.2 Å². The van der Waals surface area contributed by atoms with Gasteiger partial charge in [-0.15, -0.1) is 0 Å². The lowest BCUT2D eigenvalue weighted by molar-refractivity contribution is -0.150. The summed E-state index contributed by atoms with van der Waals surface area (Å²) in [5, 5.41) is 2.60. The van der Waals surface area contributed by atoms with E-state index in [1.165, 1.54) is 7.11 Å². The van der Waals surface area contributed by atoms with Crippen LogP contribution in [-0.2, 0) is 25.3 Å². The highest BCUT2D eigenvalue weighted by atomic mass is 28.4. The van der Waals surface area contributed by atoms with Gasteiger partial charge in [-0.3, -0.25) is 0 Å². The number of methoxy groups -OCH3 is 1. The van der Waals surface area contributed by atoms with E-state index in [0.717, 1.165) is 5.56 Å². The lowest BCUT2D eigenvalue weighted by Gasteiger charge is -2.39. The summed E-state index contributed by atoms with van der Waals surface area (Å²) < 4.78 is 16.3. The van der Waals surface area contributed by atoms with Crippen molar-refractivity contribution in [3.63, 3.8) is 0 Å². The molecule has 0 heterocycles. The number of carbonyl (C=O) groups excluding carboxylic acids is 2. The Morgan fingerprint density at radius 3 is 2.23 bits per heavy atom. The van der Waals surface area contributed by atoms with Crippen LogP contribution >= 0.6 is 0 Å². The molecule has 0 saturated carbocycles. The molecule has 0 radical (unpaired) electrons. The standard InChI is InChI=1S/C19H31NO5Si/c1-14(20-18(22)24-13-15-11-9-8-10-12-15)16(17(21)23-5)25-26(6,7)19(2,3)4/h8-12,14,16H,13H2,1-7H3,(H,20,22)/t14-,16?/m0/s1. The summed E-state index contributed by atoms with van der Waals surface area (Å²) in [6.45, 7) is 12.2. The van der Waals surface area contributed by atoms with Gasteiger partial charge in [0.15, 0.2) is 14.4 Å². The van der Waals surface area contributed by atoms with Crippen molar-refractivity contribution in [2.24, 2.45) is 0 Å². The van der Waals surface area contributed by atoms with Crippen molar-refractivity contribution in [2.45, 2.75) is 64.6 Å². The number of rotatable bonds is 7. The van der Waals surface area contributed by atoms with Gasteiger partial charge in [0, 0.05) is 0 Å². The first kappa shape index (κ1) is 22.2. The van der Waals surface area contributed by atoms with Crippen LogP contribution < -0.4 is 5.32 Å².